The minimum absolute atomic E-state index is 0.273. The molecule has 0 spiro atoms. The first kappa shape index (κ1) is 16.5. The van der Waals surface area contributed by atoms with E-state index in [4.69, 9.17) is 19.7 Å². The highest BCUT2D eigenvalue weighted by Crippen LogP contribution is 2.19. The molecule has 0 radical (unpaired) electrons. The highest BCUT2D eigenvalue weighted by atomic mass is 16.5. The highest BCUT2D eigenvalue weighted by molar-refractivity contribution is 5.92. The molecule has 1 amide bonds. The molecule has 0 aliphatic heterocycles. The molecule has 0 bridgehead atoms. The molecule has 2 aromatic rings. The number of ether oxygens (including phenoxy) is 2. The highest BCUT2D eigenvalue weighted by Gasteiger charge is 2.17. The van der Waals surface area contributed by atoms with Crippen molar-refractivity contribution in [3.05, 3.63) is 46.8 Å². The summed E-state index contributed by atoms with van der Waals surface area (Å²) in [6, 6.07) is 6.48. The molecule has 122 valence electrons. The van der Waals surface area contributed by atoms with Gasteiger partial charge in [-0.2, -0.15) is 0 Å². The number of hydrogen-bond donors (Lipinski definition) is 1. The van der Waals surface area contributed by atoms with E-state index < -0.39 is 18.0 Å². The van der Waals surface area contributed by atoms with Crippen LogP contribution in [0, 0.1) is 13.8 Å². The molecule has 0 fully saturated rings. The second kappa shape index (κ2) is 6.95. The van der Waals surface area contributed by atoms with Crippen LogP contribution in [0.5, 0.6) is 5.75 Å². The smallest absolute Gasteiger partial charge is 0.339 e. The Kier molecular flexibility index (Phi) is 5.00. The van der Waals surface area contributed by atoms with Gasteiger partial charge in [0.15, 0.2) is 6.10 Å². The maximum atomic E-state index is 11.9. The summed E-state index contributed by atoms with van der Waals surface area (Å²) in [5.74, 6) is -0.164. The average Bonchev–Trinajstić information content (AvgIpc) is 2.84. The number of nitrogens with zero attached hydrogens (tertiary/aromatic N) is 1. The zero-order valence-corrected chi connectivity index (χ0v) is 13.2. The molecule has 2 rings (SSSR count). The quantitative estimate of drug-likeness (QED) is 0.816. The fraction of sp³-hybridized carbons (Fsp3) is 0.312. The van der Waals surface area contributed by atoms with Gasteiger partial charge in [-0.25, -0.2) is 4.79 Å². The number of esters is 1. The van der Waals surface area contributed by atoms with E-state index >= 15 is 0 Å². The van der Waals surface area contributed by atoms with Gasteiger partial charge in [0.05, 0.1) is 16.8 Å². The van der Waals surface area contributed by atoms with Gasteiger partial charge in [-0.3, -0.25) is 4.79 Å². The molecule has 0 saturated heterocycles. The van der Waals surface area contributed by atoms with Gasteiger partial charge in [0.25, 0.3) is 5.91 Å². The van der Waals surface area contributed by atoms with Gasteiger partial charge in [0.1, 0.15) is 18.1 Å². The first-order valence-corrected chi connectivity index (χ1v) is 7.03. The van der Waals surface area contributed by atoms with Crippen molar-refractivity contribution in [2.24, 2.45) is 5.73 Å². The van der Waals surface area contributed by atoms with Gasteiger partial charge in [0.2, 0.25) is 0 Å². The van der Waals surface area contributed by atoms with E-state index in [0.717, 1.165) is 11.3 Å². The van der Waals surface area contributed by atoms with E-state index in [1.54, 1.807) is 25.1 Å². The van der Waals surface area contributed by atoms with E-state index in [0.29, 0.717) is 11.5 Å². The third-order valence-electron chi connectivity index (χ3n) is 3.32. The molecule has 7 heteroatoms. The second-order valence-corrected chi connectivity index (χ2v) is 5.07. The second-order valence-electron chi connectivity index (χ2n) is 5.07. The molecule has 1 atom stereocenters. The van der Waals surface area contributed by atoms with Gasteiger partial charge in [-0.15, -0.1) is 0 Å². The topological polar surface area (TPSA) is 105 Å². The van der Waals surface area contributed by atoms with Crippen molar-refractivity contribution >= 4 is 11.9 Å². The minimum atomic E-state index is -0.991. The zero-order chi connectivity index (χ0) is 17.0. The number of amides is 1. The Bertz CT molecular complexity index is 704. The fourth-order valence-electron chi connectivity index (χ4n) is 1.86. The summed E-state index contributed by atoms with van der Waals surface area (Å²) >= 11 is 0. The number of aromatic nitrogens is 1. The summed E-state index contributed by atoms with van der Waals surface area (Å²) in [6.45, 7) is 5.32. The molecule has 0 aliphatic rings. The van der Waals surface area contributed by atoms with Crippen molar-refractivity contribution < 1.29 is 23.6 Å². The summed E-state index contributed by atoms with van der Waals surface area (Å²) in [5.41, 5.74) is 6.96. The molecular weight excluding hydrogens is 300 g/mol. The Hall–Kier alpha value is -2.83. The number of carbonyl (C=O) groups excluding carboxylic acids is 2. The number of rotatable bonds is 6. The molecule has 2 N–H and O–H groups in total. The maximum absolute atomic E-state index is 11.9. The summed E-state index contributed by atoms with van der Waals surface area (Å²) in [4.78, 5) is 22.9. The lowest BCUT2D eigenvalue weighted by Crippen LogP contribution is -2.30. The molecule has 1 aromatic heterocycles. The standard InChI is InChI=1S/C16H18N2O5/c1-9-14(10(2)23-18-9)8-21-13-6-4-5-12(7-13)16(20)22-11(3)15(17)19/h4-7,11H,8H2,1-3H3,(H2,17,19)/t11-/m1/s1. The monoisotopic (exact) mass is 318 g/mol. The van der Waals surface area contributed by atoms with Gasteiger partial charge >= 0.3 is 5.97 Å². The Morgan fingerprint density at radius 3 is 2.70 bits per heavy atom. The lowest BCUT2D eigenvalue weighted by molar-refractivity contribution is -0.125. The van der Waals surface area contributed by atoms with Crippen molar-refractivity contribution in [2.45, 2.75) is 33.5 Å². The SMILES string of the molecule is Cc1noc(C)c1COc1cccc(C(=O)O[C@H](C)C(N)=O)c1. The van der Waals surface area contributed by atoms with Gasteiger partial charge < -0.3 is 19.7 Å². The van der Waals surface area contributed by atoms with Crippen LogP contribution in [0.2, 0.25) is 0 Å². The predicted molar refractivity (Wildman–Crippen MR) is 80.8 cm³/mol. The van der Waals surface area contributed by atoms with Crippen LogP contribution in [-0.2, 0) is 16.1 Å². The molecule has 0 aliphatic carbocycles. The molecular formula is C16H18N2O5. The minimum Gasteiger partial charge on any atom is -0.489 e. The molecule has 23 heavy (non-hydrogen) atoms. The maximum Gasteiger partial charge on any atom is 0.339 e. The van der Waals surface area contributed by atoms with Crippen LogP contribution in [0.4, 0.5) is 0 Å². The van der Waals surface area contributed by atoms with Crippen LogP contribution in [0.15, 0.2) is 28.8 Å². The third-order valence-corrected chi connectivity index (χ3v) is 3.32. The summed E-state index contributed by atoms with van der Waals surface area (Å²) < 4.78 is 15.7. The Morgan fingerprint density at radius 2 is 2.09 bits per heavy atom. The Balaban J connectivity index is 2.05. The fourth-order valence-corrected chi connectivity index (χ4v) is 1.86. The van der Waals surface area contributed by atoms with E-state index in [-0.39, 0.29) is 12.2 Å². The van der Waals surface area contributed by atoms with Crippen LogP contribution in [0.25, 0.3) is 0 Å². The van der Waals surface area contributed by atoms with Gasteiger partial charge in [-0.1, -0.05) is 11.2 Å². The summed E-state index contributed by atoms with van der Waals surface area (Å²) in [5, 5.41) is 3.85. The van der Waals surface area contributed by atoms with Crippen LogP contribution in [-0.4, -0.2) is 23.1 Å². The van der Waals surface area contributed by atoms with Crippen molar-refractivity contribution in [2.75, 3.05) is 0 Å². The number of benzene rings is 1. The van der Waals surface area contributed by atoms with Crippen LogP contribution < -0.4 is 10.5 Å². The lowest BCUT2D eigenvalue weighted by Gasteiger charge is -2.11. The summed E-state index contributed by atoms with van der Waals surface area (Å²) in [7, 11) is 0. The van der Waals surface area contributed by atoms with Crippen LogP contribution >= 0.6 is 0 Å². The number of nitrogens with two attached hydrogens (primary N) is 1. The Labute approximate surface area is 133 Å². The van der Waals surface area contributed by atoms with Gasteiger partial charge in [0, 0.05) is 0 Å². The zero-order valence-electron chi connectivity index (χ0n) is 13.2. The van der Waals surface area contributed by atoms with Crippen molar-refractivity contribution in [1.29, 1.82) is 0 Å². The third kappa shape index (κ3) is 4.09. The van der Waals surface area contributed by atoms with Gasteiger partial charge in [-0.05, 0) is 39.0 Å². The lowest BCUT2D eigenvalue weighted by atomic mass is 10.2. The van der Waals surface area contributed by atoms with Crippen molar-refractivity contribution in [3.8, 4) is 5.75 Å². The molecule has 1 heterocycles. The first-order valence-electron chi connectivity index (χ1n) is 7.03. The van der Waals surface area contributed by atoms with E-state index in [2.05, 4.69) is 5.16 Å². The van der Waals surface area contributed by atoms with E-state index in [9.17, 15) is 9.59 Å². The van der Waals surface area contributed by atoms with Crippen LogP contribution in [0.3, 0.4) is 0 Å². The number of carbonyl (C=O) groups is 2. The molecule has 0 saturated carbocycles. The normalized spacial score (nSPS) is 11.8. The van der Waals surface area contributed by atoms with E-state index in [1.807, 2.05) is 6.92 Å². The molecule has 0 unspecified atom stereocenters. The van der Waals surface area contributed by atoms with Crippen molar-refractivity contribution in [3.63, 3.8) is 0 Å². The number of aryl methyl sites for hydroxylation is 2. The van der Waals surface area contributed by atoms with Crippen molar-refractivity contribution in [1.82, 2.24) is 5.16 Å². The number of primary amides is 1. The average molecular weight is 318 g/mol. The molecule has 1 aromatic carbocycles. The van der Waals surface area contributed by atoms with Crippen LogP contribution in [0.1, 0.15) is 34.3 Å². The van der Waals surface area contributed by atoms with E-state index in [1.165, 1.54) is 13.0 Å². The predicted octanol–water partition coefficient (Wildman–Crippen LogP) is 1.90. The summed E-state index contributed by atoms with van der Waals surface area (Å²) in [6.07, 6.45) is -0.991. The Morgan fingerprint density at radius 1 is 1.35 bits per heavy atom. The first-order chi connectivity index (χ1) is 10.9. The number of hydrogen-bond acceptors (Lipinski definition) is 6. The largest absolute Gasteiger partial charge is 0.489 e. The molecule has 7 nitrogen and oxygen atoms in total.